The second-order valence-electron chi connectivity index (χ2n) is 5.85. The Kier molecular flexibility index (Phi) is 6.58. The van der Waals surface area contributed by atoms with E-state index >= 15 is 0 Å². The maximum Gasteiger partial charge on any atom is 0.243 e. The maximum absolute atomic E-state index is 12.6. The molecule has 0 aliphatic carbocycles. The van der Waals surface area contributed by atoms with E-state index in [1.54, 1.807) is 24.3 Å². The first kappa shape index (κ1) is 19.0. The molecule has 0 heterocycles. The molecule has 2 aromatic carbocycles. The van der Waals surface area contributed by atoms with Gasteiger partial charge in [-0.05, 0) is 30.5 Å². The third-order valence-corrected chi connectivity index (χ3v) is 5.08. The summed E-state index contributed by atoms with van der Waals surface area (Å²) in [7, 11) is -3.58. The average molecular weight is 360 g/mol. The van der Waals surface area contributed by atoms with Crippen LogP contribution in [0.1, 0.15) is 18.9 Å². The van der Waals surface area contributed by atoms with Crippen LogP contribution in [0.15, 0.2) is 60.7 Å². The van der Waals surface area contributed by atoms with Crippen molar-refractivity contribution in [2.45, 2.75) is 25.8 Å². The highest BCUT2D eigenvalue weighted by Crippen LogP contribution is 2.21. The molecule has 0 spiro atoms. The van der Waals surface area contributed by atoms with Gasteiger partial charge in [0.1, 0.15) is 6.04 Å². The molecule has 0 fully saturated rings. The van der Waals surface area contributed by atoms with Crippen LogP contribution >= 0.6 is 0 Å². The van der Waals surface area contributed by atoms with Gasteiger partial charge < -0.3 is 5.32 Å². The number of nitrogens with one attached hydrogen (secondary N) is 1. The lowest BCUT2D eigenvalue weighted by Crippen LogP contribution is -2.49. The molecule has 0 saturated heterocycles. The number of rotatable bonds is 8. The Morgan fingerprint density at radius 3 is 2.12 bits per heavy atom. The first-order valence-electron chi connectivity index (χ1n) is 8.29. The Bertz CT molecular complexity index is 777. The van der Waals surface area contributed by atoms with Crippen molar-refractivity contribution in [3.63, 3.8) is 0 Å². The normalized spacial score (nSPS) is 12.4. The molecule has 1 amide bonds. The maximum atomic E-state index is 12.6. The minimum absolute atomic E-state index is 0.285. The summed E-state index contributed by atoms with van der Waals surface area (Å²) >= 11 is 0. The van der Waals surface area contributed by atoms with Gasteiger partial charge in [-0.3, -0.25) is 9.10 Å². The number of benzene rings is 2. The van der Waals surface area contributed by atoms with Crippen molar-refractivity contribution in [1.29, 1.82) is 0 Å². The molecule has 0 aromatic heterocycles. The number of hydrogen-bond donors (Lipinski definition) is 1. The highest BCUT2D eigenvalue weighted by Gasteiger charge is 2.31. The molecule has 134 valence electrons. The molecule has 0 aliphatic rings. The third-order valence-electron chi connectivity index (χ3n) is 3.90. The zero-order chi connectivity index (χ0) is 18.3. The Morgan fingerprint density at radius 2 is 1.60 bits per heavy atom. The summed E-state index contributed by atoms with van der Waals surface area (Å²) in [6.45, 7) is 2.27. The van der Waals surface area contributed by atoms with Crippen molar-refractivity contribution in [3.8, 4) is 0 Å². The smallest absolute Gasteiger partial charge is 0.243 e. The molecule has 0 saturated carbocycles. The van der Waals surface area contributed by atoms with Gasteiger partial charge in [-0.2, -0.15) is 0 Å². The van der Waals surface area contributed by atoms with Crippen LogP contribution in [-0.4, -0.2) is 33.2 Å². The Morgan fingerprint density at radius 1 is 1.04 bits per heavy atom. The molecule has 0 bridgehead atoms. The fourth-order valence-corrected chi connectivity index (χ4v) is 3.94. The van der Waals surface area contributed by atoms with Crippen LogP contribution in [0.25, 0.3) is 0 Å². The molecule has 1 atom stereocenters. The predicted octanol–water partition coefficient (Wildman–Crippen LogP) is 2.59. The molecule has 25 heavy (non-hydrogen) atoms. The van der Waals surface area contributed by atoms with Crippen molar-refractivity contribution < 1.29 is 13.2 Å². The molecule has 2 rings (SSSR count). The Balaban J connectivity index is 2.10. The van der Waals surface area contributed by atoms with E-state index in [4.69, 9.17) is 0 Å². The van der Waals surface area contributed by atoms with E-state index in [-0.39, 0.29) is 5.91 Å². The zero-order valence-corrected chi connectivity index (χ0v) is 15.4. The minimum Gasteiger partial charge on any atom is -0.354 e. The van der Waals surface area contributed by atoms with Gasteiger partial charge in [0.05, 0.1) is 11.9 Å². The van der Waals surface area contributed by atoms with Crippen LogP contribution in [0.5, 0.6) is 0 Å². The van der Waals surface area contributed by atoms with Crippen LogP contribution in [-0.2, 0) is 21.2 Å². The van der Waals surface area contributed by atoms with Crippen molar-refractivity contribution in [3.05, 3.63) is 66.2 Å². The number of nitrogens with zero attached hydrogens (tertiary/aromatic N) is 1. The lowest BCUT2D eigenvalue weighted by Gasteiger charge is -2.30. The summed E-state index contributed by atoms with van der Waals surface area (Å²) in [5.41, 5.74) is 1.62. The first-order valence-corrected chi connectivity index (χ1v) is 10.1. The molecule has 6 heteroatoms. The summed E-state index contributed by atoms with van der Waals surface area (Å²) in [6, 6.07) is 17.8. The van der Waals surface area contributed by atoms with Crippen LogP contribution < -0.4 is 9.62 Å². The van der Waals surface area contributed by atoms with Crippen LogP contribution in [0.2, 0.25) is 0 Å². The lowest BCUT2D eigenvalue weighted by molar-refractivity contribution is -0.122. The van der Waals surface area contributed by atoms with E-state index in [0.717, 1.165) is 11.8 Å². The van der Waals surface area contributed by atoms with E-state index in [2.05, 4.69) is 5.32 Å². The topological polar surface area (TPSA) is 66.5 Å². The summed E-state index contributed by atoms with van der Waals surface area (Å²) in [5.74, 6) is -0.285. The summed E-state index contributed by atoms with van der Waals surface area (Å²) in [6.07, 6.45) is 2.21. The first-order chi connectivity index (χ1) is 11.9. The molecule has 0 aliphatic heterocycles. The van der Waals surface area contributed by atoms with E-state index in [9.17, 15) is 13.2 Å². The second-order valence-corrected chi connectivity index (χ2v) is 7.70. The summed E-state index contributed by atoms with van der Waals surface area (Å²) in [5, 5.41) is 2.86. The van der Waals surface area contributed by atoms with Crippen molar-refractivity contribution in [2.75, 3.05) is 17.1 Å². The van der Waals surface area contributed by atoms with E-state index in [1.807, 2.05) is 43.3 Å². The van der Waals surface area contributed by atoms with E-state index < -0.39 is 16.1 Å². The van der Waals surface area contributed by atoms with Gasteiger partial charge in [0.2, 0.25) is 15.9 Å². The number of anilines is 1. The molecule has 5 nitrogen and oxygen atoms in total. The predicted molar refractivity (Wildman–Crippen MR) is 101 cm³/mol. The van der Waals surface area contributed by atoms with Crippen LogP contribution in [0.4, 0.5) is 5.69 Å². The fourth-order valence-electron chi connectivity index (χ4n) is 2.73. The quantitative estimate of drug-likeness (QED) is 0.787. The molecular weight excluding hydrogens is 336 g/mol. The van der Waals surface area contributed by atoms with Gasteiger partial charge in [-0.1, -0.05) is 55.5 Å². The molecule has 0 radical (unpaired) electrons. The number of hydrogen-bond acceptors (Lipinski definition) is 3. The van der Waals surface area contributed by atoms with Crippen molar-refractivity contribution in [1.82, 2.24) is 5.32 Å². The Hall–Kier alpha value is -2.34. The molecule has 1 N–H and O–H groups in total. The second kappa shape index (κ2) is 8.67. The zero-order valence-electron chi connectivity index (χ0n) is 14.6. The van der Waals surface area contributed by atoms with Crippen molar-refractivity contribution in [2.24, 2.45) is 0 Å². The molecular formula is C19H24N2O3S. The van der Waals surface area contributed by atoms with Gasteiger partial charge in [0.15, 0.2) is 0 Å². The summed E-state index contributed by atoms with van der Waals surface area (Å²) in [4.78, 5) is 12.6. The molecule has 0 unspecified atom stereocenters. The standard InChI is InChI=1S/C19H24N2O3S/c1-3-18(19(22)20-15-14-16-10-6-4-7-11-16)21(25(2,23)24)17-12-8-5-9-13-17/h4-13,18H,3,14-15H2,1-2H3,(H,20,22)/t18-/m0/s1. The third kappa shape index (κ3) is 5.32. The Labute approximate surface area is 149 Å². The number of carbonyl (C=O) groups is 1. The number of carbonyl (C=O) groups excluding carboxylic acids is 1. The fraction of sp³-hybridized carbons (Fsp3) is 0.316. The largest absolute Gasteiger partial charge is 0.354 e. The van der Waals surface area contributed by atoms with Crippen LogP contribution in [0.3, 0.4) is 0 Å². The average Bonchev–Trinajstić information content (AvgIpc) is 2.60. The van der Waals surface area contributed by atoms with Gasteiger partial charge in [0.25, 0.3) is 0 Å². The van der Waals surface area contributed by atoms with Crippen molar-refractivity contribution >= 4 is 21.6 Å². The monoisotopic (exact) mass is 360 g/mol. The highest BCUT2D eigenvalue weighted by molar-refractivity contribution is 7.92. The SMILES string of the molecule is CC[C@@H](C(=O)NCCc1ccccc1)N(c1ccccc1)S(C)(=O)=O. The number of amides is 1. The number of sulfonamides is 1. The van der Waals surface area contributed by atoms with Gasteiger partial charge >= 0.3 is 0 Å². The van der Waals surface area contributed by atoms with Crippen LogP contribution in [0, 0.1) is 0 Å². The van der Waals surface area contributed by atoms with Gasteiger partial charge in [0, 0.05) is 6.54 Å². The number of para-hydroxylation sites is 1. The lowest BCUT2D eigenvalue weighted by atomic mass is 10.1. The van der Waals surface area contributed by atoms with E-state index in [1.165, 1.54) is 4.31 Å². The summed E-state index contributed by atoms with van der Waals surface area (Å²) < 4.78 is 25.8. The molecule has 2 aromatic rings. The van der Waals surface area contributed by atoms with Gasteiger partial charge in [-0.15, -0.1) is 0 Å². The highest BCUT2D eigenvalue weighted by atomic mass is 32.2. The minimum atomic E-state index is -3.58. The van der Waals surface area contributed by atoms with Gasteiger partial charge in [-0.25, -0.2) is 8.42 Å². The van der Waals surface area contributed by atoms with E-state index in [0.29, 0.717) is 25.1 Å².